The molecule has 2 atom stereocenters. The molecule has 4 rings (SSSR count). The Morgan fingerprint density at radius 3 is 2.92 bits per heavy atom. The van der Waals surface area contributed by atoms with E-state index < -0.39 is 0 Å². The van der Waals surface area contributed by atoms with Crippen molar-refractivity contribution in [2.24, 2.45) is 7.05 Å². The highest BCUT2D eigenvalue weighted by molar-refractivity contribution is 5.46. The SMILES string of the molecule is Cc1cccn2c(=O)cc(C[NH+]3CCC[C@H]3c3cccn3C)nc12. The summed E-state index contributed by atoms with van der Waals surface area (Å²) in [4.78, 5) is 18.7. The first kappa shape index (κ1) is 15.1. The number of nitrogens with zero attached hydrogens (tertiary/aromatic N) is 3. The number of rotatable bonds is 3. The van der Waals surface area contributed by atoms with Gasteiger partial charge in [0.15, 0.2) is 0 Å². The van der Waals surface area contributed by atoms with Gasteiger partial charge >= 0.3 is 0 Å². The molecule has 1 aliphatic rings. The fraction of sp³-hybridized carbons (Fsp3) is 0.368. The molecule has 0 saturated carbocycles. The number of hydrogen-bond donors (Lipinski definition) is 1. The van der Waals surface area contributed by atoms with Crippen LogP contribution in [0.25, 0.3) is 5.65 Å². The van der Waals surface area contributed by atoms with Gasteiger partial charge in [0.1, 0.15) is 23.9 Å². The van der Waals surface area contributed by atoms with E-state index in [4.69, 9.17) is 4.98 Å². The van der Waals surface area contributed by atoms with Crippen LogP contribution < -0.4 is 10.5 Å². The van der Waals surface area contributed by atoms with Crippen molar-refractivity contribution in [3.05, 3.63) is 70.0 Å². The zero-order chi connectivity index (χ0) is 16.7. The van der Waals surface area contributed by atoms with Crippen molar-refractivity contribution >= 4 is 5.65 Å². The summed E-state index contributed by atoms with van der Waals surface area (Å²) in [6.07, 6.45) is 6.31. The maximum atomic E-state index is 12.4. The summed E-state index contributed by atoms with van der Waals surface area (Å²) in [5.41, 5.74) is 4.08. The number of quaternary nitrogens is 1. The van der Waals surface area contributed by atoms with Crippen molar-refractivity contribution in [3.8, 4) is 0 Å². The number of aromatic nitrogens is 3. The summed E-state index contributed by atoms with van der Waals surface area (Å²) in [5, 5.41) is 0. The van der Waals surface area contributed by atoms with Crippen LogP contribution in [0.4, 0.5) is 0 Å². The van der Waals surface area contributed by atoms with Gasteiger partial charge in [-0.1, -0.05) is 6.07 Å². The second-order valence-corrected chi connectivity index (χ2v) is 6.79. The molecule has 0 bridgehead atoms. The second-order valence-electron chi connectivity index (χ2n) is 6.79. The minimum absolute atomic E-state index is 0.00714. The molecule has 0 aromatic carbocycles. The molecule has 24 heavy (non-hydrogen) atoms. The monoisotopic (exact) mass is 323 g/mol. The first-order valence-corrected chi connectivity index (χ1v) is 8.57. The summed E-state index contributed by atoms with van der Waals surface area (Å²) in [7, 11) is 2.11. The van der Waals surface area contributed by atoms with Crippen LogP contribution >= 0.6 is 0 Å². The molecule has 1 fully saturated rings. The van der Waals surface area contributed by atoms with E-state index in [0.29, 0.717) is 6.04 Å². The average Bonchev–Trinajstić information content (AvgIpc) is 3.17. The van der Waals surface area contributed by atoms with Gasteiger partial charge < -0.3 is 9.47 Å². The lowest BCUT2D eigenvalue weighted by Gasteiger charge is -2.22. The maximum Gasteiger partial charge on any atom is 0.258 e. The fourth-order valence-electron chi connectivity index (χ4n) is 3.95. The zero-order valence-corrected chi connectivity index (χ0v) is 14.2. The van der Waals surface area contributed by atoms with E-state index in [9.17, 15) is 4.79 Å². The minimum Gasteiger partial charge on any atom is -0.350 e. The van der Waals surface area contributed by atoms with Crippen molar-refractivity contribution in [1.29, 1.82) is 0 Å². The van der Waals surface area contributed by atoms with E-state index in [1.807, 2.05) is 19.1 Å². The van der Waals surface area contributed by atoms with Crippen LogP contribution in [0, 0.1) is 6.92 Å². The van der Waals surface area contributed by atoms with Crippen molar-refractivity contribution in [2.75, 3.05) is 6.54 Å². The predicted octanol–water partition coefficient (Wildman–Crippen LogP) is 1.26. The normalized spacial score (nSPS) is 20.8. The number of likely N-dealkylation sites (tertiary alicyclic amines) is 1. The lowest BCUT2D eigenvalue weighted by atomic mass is 10.1. The van der Waals surface area contributed by atoms with Gasteiger partial charge in [0.2, 0.25) is 0 Å². The van der Waals surface area contributed by atoms with Crippen molar-refractivity contribution in [2.45, 2.75) is 32.4 Å². The third kappa shape index (κ3) is 2.55. The van der Waals surface area contributed by atoms with Crippen LogP contribution in [0.5, 0.6) is 0 Å². The number of hydrogen-bond acceptors (Lipinski definition) is 2. The van der Waals surface area contributed by atoms with Gasteiger partial charge in [0.25, 0.3) is 5.56 Å². The second kappa shape index (κ2) is 5.91. The Hall–Kier alpha value is -2.40. The molecular formula is C19H23N4O+. The highest BCUT2D eigenvalue weighted by atomic mass is 16.1. The molecule has 5 nitrogen and oxygen atoms in total. The molecule has 1 unspecified atom stereocenters. The molecule has 1 aliphatic heterocycles. The Bertz CT molecular complexity index is 940. The third-order valence-electron chi connectivity index (χ3n) is 5.17. The van der Waals surface area contributed by atoms with Gasteiger partial charge in [-0.3, -0.25) is 9.20 Å². The summed E-state index contributed by atoms with van der Waals surface area (Å²) in [5.74, 6) is 0. The van der Waals surface area contributed by atoms with E-state index >= 15 is 0 Å². The third-order valence-corrected chi connectivity index (χ3v) is 5.17. The van der Waals surface area contributed by atoms with E-state index in [1.165, 1.54) is 23.4 Å². The molecular weight excluding hydrogens is 300 g/mol. The standard InChI is InChI=1S/C19H22N4O/c1-14-6-3-11-23-18(24)12-15(20-19(14)23)13-22-10-5-8-17(22)16-7-4-9-21(16)2/h3-4,6-7,9,11-12,17H,5,8,10,13H2,1-2H3/p+1/t17-/m0/s1. The molecule has 1 saturated heterocycles. The molecule has 0 aliphatic carbocycles. The molecule has 1 N–H and O–H groups in total. The van der Waals surface area contributed by atoms with Crippen LogP contribution in [0.3, 0.4) is 0 Å². The lowest BCUT2D eigenvalue weighted by Crippen LogP contribution is -3.09. The Balaban J connectivity index is 1.68. The van der Waals surface area contributed by atoms with Crippen LogP contribution in [0.15, 0.2) is 47.5 Å². The Morgan fingerprint density at radius 1 is 1.29 bits per heavy atom. The van der Waals surface area contributed by atoms with Crippen LogP contribution in [0.2, 0.25) is 0 Å². The summed E-state index contributed by atoms with van der Waals surface area (Å²) < 4.78 is 3.84. The molecule has 0 spiro atoms. The molecule has 3 aromatic rings. The molecule has 0 amide bonds. The minimum atomic E-state index is 0.00714. The molecule has 4 heterocycles. The quantitative estimate of drug-likeness (QED) is 0.789. The lowest BCUT2D eigenvalue weighted by molar-refractivity contribution is -0.932. The van der Waals surface area contributed by atoms with Crippen molar-refractivity contribution < 1.29 is 4.90 Å². The van der Waals surface area contributed by atoms with Crippen LogP contribution in [0.1, 0.15) is 35.8 Å². The van der Waals surface area contributed by atoms with Gasteiger partial charge in [-0.05, 0) is 30.7 Å². The predicted molar refractivity (Wildman–Crippen MR) is 93.1 cm³/mol. The van der Waals surface area contributed by atoms with Gasteiger partial charge in [-0.2, -0.15) is 0 Å². The first-order valence-electron chi connectivity index (χ1n) is 8.57. The van der Waals surface area contributed by atoms with Gasteiger partial charge in [-0.15, -0.1) is 0 Å². The molecule has 0 radical (unpaired) electrons. The summed E-state index contributed by atoms with van der Waals surface area (Å²) in [6.45, 7) is 3.93. The number of fused-ring (bicyclic) bond motifs is 1. The first-order chi connectivity index (χ1) is 11.6. The topological polar surface area (TPSA) is 43.7 Å². The van der Waals surface area contributed by atoms with Gasteiger partial charge in [0, 0.05) is 38.3 Å². The molecule has 5 heteroatoms. The van der Waals surface area contributed by atoms with Crippen LogP contribution in [-0.2, 0) is 13.6 Å². The van der Waals surface area contributed by atoms with Crippen molar-refractivity contribution in [1.82, 2.24) is 14.0 Å². The maximum absolute atomic E-state index is 12.4. The summed E-state index contributed by atoms with van der Waals surface area (Å²) >= 11 is 0. The Labute approximate surface area is 141 Å². The molecule has 124 valence electrons. The Kier molecular flexibility index (Phi) is 3.73. The zero-order valence-electron chi connectivity index (χ0n) is 14.2. The van der Waals surface area contributed by atoms with Crippen molar-refractivity contribution in [3.63, 3.8) is 0 Å². The number of pyridine rings is 1. The van der Waals surface area contributed by atoms with E-state index in [0.717, 1.165) is 30.0 Å². The molecule has 3 aromatic heterocycles. The average molecular weight is 323 g/mol. The van der Waals surface area contributed by atoms with E-state index in [-0.39, 0.29) is 5.56 Å². The van der Waals surface area contributed by atoms with E-state index in [2.05, 4.69) is 29.9 Å². The van der Waals surface area contributed by atoms with E-state index in [1.54, 1.807) is 16.7 Å². The summed E-state index contributed by atoms with van der Waals surface area (Å²) in [6, 6.07) is 10.4. The fourth-order valence-corrected chi connectivity index (χ4v) is 3.95. The number of nitrogens with one attached hydrogen (secondary N) is 1. The highest BCUT2D eigenvalue weighted by Gasteiger charge is 2.32. The van der Waals surface area contributed by atoms with Crippen LogP contribution in [-0.4, -0.2) is 20.5 Å². The Morgan fingerprint density at radius 2 is 2.12 bits per heavy atom. The highest BCUT2D eigenvalue weighted by Crippen LogP contribution is 2.19. The van der Waals surface area contributed by atoms with Gasteiger partial charge in [0.05, 0.1) is 12.2 Å². The smallest absolute Gasteiger partial charge is 0.258 e. The van der Waals surface area contributed by atoms with Gasteiger partial charge in [-0.25, -0.2) is 4.98 Å². The largest absolute Gasteiger partial charge is 0.350 e. The number of aryl methyl sites for hydroxylation is 2.